The Morgan fingerprint density at radius 3 is 2.15 bits per heavy atom. The van der Waals surface area contributed by atoms with Crippen LogP contribution >= 0.6 is 0 Å². The zero-order valence-corrected chi connectivity index (χ0v) is 10.9. The van der Waals surface area contributed by atoms with E-state index in [4.69, 9.17) is 0 Å². The Labute approximate surface area is 112 Å². The van der Waals surface area contributed by atoms with E-state index in [-0.39, 0.29) is 0 Å². The first kappa shape index (κ1) is 16.8. The molecule has 0 aromatic heterocycles. The maximum absolute atomic E-state index is 13.5. The highest BCUT2D eigenvalue weighted by molar-refractivity contribution is 5.24. The third-order valence-corrected chi connectivity index (χ3v) is 2.92. The Morgan fingerprint density at radius 2 is 1.70 bits per heavy atom. The number of aliphatic hydroxyl groups excluding tert-OH is 1. The Hall–Kier alpha value is -1.21. The van der Waals surface area contributed by atoms with Gasteiger partial charge < -0.3 is 10.2 Å². The van der Waals surface area contributed by atoms with E-state index in [1.807, 2.05) is 0 Å². The van der Waals surface area contributed by atoms with Gasteiger partial charge in [0.05, 0.1) is 0 Å². The minimum atomic E-state index is -5.19. The fourth-order valence-electron chi connectivity index (χ4n) is 1.99. The molecule has 0 aliphatic rings. The van der Waals surface area contributed by atoms with Crippen molar-refractivity contribution in [3.05, 3.63) is 35.4 Å². The smallest absolute Gasteiger partial charge is 0.385 e. The molecule has 2 nitrogen and oxygen atoms in total. The molecule has 20 heavy (non-hydrogen) atoms. The van der Waals surface area contributed by atoms with Crippen molar-refractivity contribution >= 4 is 0 Å². The highest BCUT2D eigenvalue weighted by Gasteiger charge is 2.59. The predicted molar refractivity (Wildman–Crippen MR) is 61.8 cm³/mol. The summed E-state index contributed by atoms with van der Waals surface area (Å²) in [5.41, 5.74) is -4.47. The van der Waals surface area contributed by atoms with Crippen LogP contribution in [0.1, 0.15) is 31.9 Å². The first-order chi connectivity index (χ1) is 8.99. The summed E-state index contributed by atoms with van der Waals surface area (Å²) in [6.45, 7) is 2.82. The molecular formula is C13H15F5O2. The van der Waals surface area contributed by atoms with Gasteiger partial charge in [-0.3, -0.25) is 0 Å². The van der Waals surface area contributed by atoms with Crippen molar-refractivity contribution in [2.24, 2.45) is 5.92 Å². The highest BCUT2D eigenvalue weighted by atomic mass is 19.4. The molecule has 0 radical (unpaired) electrons. The average Bonchev–Trinajstić information content (AvgIpc) is 2.29. The topological polar surface area (TPSA) is 40.5 Å². The third kappa shape index (κ3) is 3.27. The molecule has 1 aromatic carbocycles. The van der Waals surface area contributed by atoms with Crippen LogP contribution in [0.15, 0.2) is 18.2 Å². The monoisotopic (exact) mass is 298 g/mol. The molecule has 0 heterocycles. The Balaban J connectivity index is 3.30. The first-order valence-electron chi connectivity index (χ1n) is 5.91. The van der Waals surface area contributed by atoms with Gasteiger partial charge in [-0.25, -0.2) is 8.78 Å². The Morgan fingerprint density at radius 1 is 1.15 bits per heavy atom. The van der Waals surface area contributed by atoms with Gasteiger partial charge in [0, 0.05) is 5.56 Å². The van der Waals surface area contributed by atoms with Crippen molar-refractivity contribution in [3.63, 3.8) is 0 Å². The predicted octanol–water partition coefficient (Wildman–Crippen LogP) is 3.34. The van der Waals surface area contributed by atoms with Gasteiger partial charge in [-0.05, 0) is 30.5 Å². The quantitative estimate of drug-likeness (QED) is 0.837. The van der Waals surface area contributed by atoms with Crippen LogP contribution in [0.4, 0.5) is 22.0 Å². The maximum atomic E-state index is 13.5. The third-order valence-electron chi connectivity index (χ3n) is 2.92. The van der Waals surface area contributed by atoms with E-state index >= 15 is 0 Å². The molecule has 0 saturated carbocycles. The molecule has 0 saturated heterocycles. The molecular weight excluding hydrogens is 283 g/mol. The van der Waals surface area contributed by atoms with Crippen LogP contribution in [-0.2, 0) is 0 Å². The van der Waals surface area contributed by atoms with Crippen molar-refractivity contribution < 1.29 is 32.2 Å². The van der Waals surface area contributed by atoms with E-state index in [1.54, 1.807) is 0 Å². The second kappa shape index (κ2) is 5.65. The second-order valence-corrected chi connectivity index (χ2v) is 5.09. The van der Waals surface area contributed by atoms with E-state index in [2.05, 4.69) is 0 Å². The molecule has 2 unspecified atom stereocenters. The van der Waals surface area contributed by atoms with Crippen LogP contribution in [0.3, 0.4) is 0 Å². The van der Waals surface area contributed by atoms with Crippen LogP contribution in [0.2, 0.25) is 0 Å². The van der Waals surface area contributed by atoms with Crippen LogP contribution in [-0.4, -0.2) is 22.0 Å². The van der Waals surface area contributed by atoms with E-state index in [0.717, 1.165) is 0 Å². The molecule has 0 aliphatic heterocycles. The molecule has 1 rings (SSSR count). The zero-order chi connectivity index (χ0) is 15.7. The van der Waals surface area contributed by atoms with Crippen LogP contribution in [0.5, 0.6) is 0 Å². The minimum absolute atomic E-state index is 0.442. The van der Waals surface area contributed by atoms with Crippen LogP contribution in [0, 0.1) is 17.6 Å². The van der Waals surface area contributed by atoms with Gasteiger partial charge in [-0.1, -0.05) is 13.8 Å². The number of hydrogen-bond donors (Lipinski definition) is 2. The van der Waals surface area contributed by atoms with Crippen molar-refractivity contribution in [2.45, 2.75) is 38.1 Å². The number of rotatable bonds is 4. The summed E-state index contributed by atoms with van der Waals surface area (Å²) in [7, 11) is 0. The molecule has 0 fully saturated rings. The van der Waals surface area contributed by atoms with Gasteiger partial charge in [-0.2, -0.15) is 13.2 Å². The van der Waals surface area contributed by atoms with E-state index in [9.17, 15) is 32.2 Å². The molecule has 2 atom stereocenters. The van der Waals surface area contributed by atoms with Crippen LogP contribution in [0.25, 0.3) is 0 Å². The molecule has 0 amide bonds. The van der Waals surface area contributed by atoms with Gasteiger partial charge in [0.2, 0.25) is 0 Å². The summed E-state index contributed by atoms with van der Waals surface area (Å²) < 4.78 is 65.5. The molecule has 0 spiro atoms. The summed E-state index contributed by atoms with van der Waals surface area (Å²) in [5.74, 6) is -2.84. The van der Waals surface area contributed by atoms with Gasteiger partial charge in [0.25, 0.3) is 0 Å². The second-order valence-electron chi connectivity index (χ2n) is 5.09. The normalized spacial score (nSPS) is 17.1. The van der Waals surface area contributed by atoms with E-state index < -0.39 is 47.4 Å². The van der Waals surface area contributed by atoms with Gasteiger partial charge >= 0.3 is 6.18 Å². The van der Waals surface area contributed by atoms with Crippen molar-refractivity contribution in [1.82, 2.24) is 0 Å². The van der Waals surface area contributed by atoms with Crippen LogP contribution < -0.4 is 0 Å². The lowest BCUT2D eigenvalue weighted by atomic mass is 9.83. The lowest BCUT2D eigenvalue weighted by Gasteiger charge is -2.36. The van der Waals surface area contributed by atoms with Crippen molar-refractivity contribution in [2.75, 3.05) is 0 Å². The Kier molecular flexibility index (Phi) is 4.76. The SMILES string of the molecule is CC(C)CC(O)(C(O)c1cc(F)ccc1F)C(F)(F)F. The lowest BCUT2D eigenvalue weighted by Crippen LogP contribution is -2.51. The lowest BCUT2D eigenvalue weighted by molar-refractivity contribution is -0.297. The van der Waals surface area contributed by atoms with Gasteiger partial charge in [-0.15, -0.1) is 0 Å². The Bertz CT molecular complexity index is 472. The number of alkyl halides is 3. The number of hydrogen-bond acceptors (Lipinski definition) is 2. The van der Waals surface area contributed by atoms with E-state index in [0.29, 0.717) is 18.2 Å². The first-order valence-corrected chi connectivity index (χ1v) is 5.91. The fraction of sp³-hybridized carbons (Fsp3) is 0.538. The van der Waals surface area contributed by atoms with Gasteiger partial charge in [0.1, 0.15) is 17.7 Å². The molecule has 0 aliphatic carbocycles. The average molecular weight is 298 g/mol. The molecule has 1 aromatic rings. The summed E-state index contributed by atoms with van der Waals surface area (Å²) >= 11 is 0. The summed E-state index contributed by atoms with van der Waals surface area (Å²) in [6.07, 6.45) is -8.64. The largest absolute Gasteiger partial charge is 0.420 e. The molecule has 114 valence electrons. The zero-order valence-electron chi connectivity index (χ0n) is 10.9. The number of halogens is 5. The summed E-state index contributed by atoms with van der Waals surface area (Å²) in [5, 5.41) is 19.5. The minimum Gasteiger partial charge on any atom is -0.385 e. The molecule has 2 N–H and O–H groups in total. The standard InChI is InChI=1S/C13H15F5O2/c1-7(2)6-12(20,13(16,17)18)11(19)9-5-8(14)3-4-10(9)15/h3-5,7,11,19-20H,6H2,1-2H3. The number of aliphatic hydroxyl groups is 2. The fourth-order valence-corrected chi connectivity index (χ4v) is 1.99. The van der Waals surface area contributed by atoms with Crippen molar-refractivity contribution in [3.8, 4) is 0 Å². The number of benzene rings is 1. The molecule has 0 bridgehead atoms. The molecule has 7 heteroatoms. The van der Waals surface area contributed by atoms with Gasteiger partial charge in [0.15, 0.2) is 5.60 Å². The van der Waals surface area contributed by atoms with E-state index in [1.165, 1.54) is 13.8 Å². The highest BCUT2D eigenvalue weighted by Crippen LogP contribution is 2.44. The summed E-state index contributed by atoms with van der Waals surface area (Å²) in [4.78, 5) is 0. The maximum Gasteiger partial charge on any atom is 0.420 e. The van der Waals surface area contributed by atoms with Crippen molar-refractivity contribution in [1.29, 1.82) is 0 Å². The summed E-state index contributed by atoms with van der Waals surface area (Å²) in [6, 6.07) is 1.75.